The Labute approximate surface area is 177 Å². The van der Waals surface area contributed by atoms with Crippen molar-refractivity contribution in [1.29, 1.82) is 0 Å². The molecule has 0 radical (unpaired) electrons. The molecular formula is C23H28FNO4S. The maximum absolute atomic E-state index is 13.8. The number of sulfone groups is 1. The molecule has 162 valence electrons. The minimum atomic E-state index is -3.20. The molecule has 7 heteroatoms. The summed E-state index contributed by atoms with van der Waals surface area (Å²) in [6, 6.07) is 11.6. The molecule has 1 aliphatic rings. The fraction of sp³-hybridized carbons (Fsp3) is 0.435. The van der Waals surface area contributed by atoms with Gasteiger partial charge in [-0.2, -0.15) is 0 Å². The second-order valence-corrected chi connectivity index (χ2v) is 10.1. The maximum Gasteiger partial charge on any atom is 0.224 e. The number of rotatable bonds is 8. The van der Waals surface area contributed by atoms with Crippen LogP contribution in [0.5, 0.6) is 5.75 Å². The normalized spacial score (nSPS) is 15.0. The van der Waals surface area contributed by atoms with Gasteiger partial charge >= 0.3 is 0 Å². The molecule has 0 saturated heterocycles. The van der Waals surface area contributed by atoms with Gasteiger partial charge in [0.15, 0.2) is 21.4 Å². The number of halogens is 1. The number of carbonyl (C=O) groups is 1. The van der Waals surface area contributed by atoms with Crippen molar-refractivity contribution in [2.45, 2.75) is 55.9 Å². The fourth-order valence-electron chi connectivity index (χ4n) is 3.86. The van der Waals surface area contributed by atoms with Crippen molar-refractivity contribution >= 4 is 21.4 Å². The van der Waals surface area contributed by atoms with Gasteiger partial charge in [0.25, 0.3) is 0 Å². The summed E-state index contributed by atoms with van der Waals surface area (Å²) in [6.07, 6.45) is 5.11. The molecule has 3 rings (SSSR count). The van der Waals surface area contributed by atoms with Crippen LogP contribution in [0.3, 0.4) is 0 Å². The Balaban J connectivity index is 1.56. The van der Waals surface area contributed by atoms with Gasteiger partial charge in [-0.1, -0.05) is 37.5 Å². The molecule has 0 spiro atoms. The van der Waals surface area contributed by atoms with E-state index in [2.05, 4.69) is 5.32 Å². The molecule has 2 aromatic carbocycles. The zero-order chi connectivity index (χ0) is 21.6. The van der Waals surface area contributed by atoms with Gasteiger partial charge in [0.05, 0.1) is 18.1 Å². The second-order valence-electron chi connectivity index (χ2n) is 7.78. The summed E-state index contributed by atoms with van der Waals surface area (Å²) in [7, 11) is -1.79. The molecule has 0 heterocycles. The first kappa shape index (κ1) is 22.3. The summed E-state index contributed by atoms with van der Waals surface area (Å²) in [5.74, 6) is -0.504. The van der Waals surface area contributed by atoms with E-state index >= 15 is 0 Å². The van der Waals surface area contributed by atoms with E-state index in [9.17, 15) is 17.6 Å². The first-order valence-electron chi connectivity index (χ1n) is 10.3. The Morgan fingerprint density at radius 3 is 2.57 bits per heavy atom. The summed E-state index contributed by atoms with van der Waals surface area (Å²) in [5, 5.41) is 2.55. The lowest BCUT2D eigenvalue weighted by atomic mass is 10.0. The Bertz CT molecular complexity index is 984. The van der Waals surface area contributed by atoms with Crippen molar-refractivity contribution in [1.82, 2.24) is 0 Å². The van der Waals surface area contributed by atoms with Gasteiger partial charge in [0.2, 0.25) is 5.91 Å². The Kier molecular flexibility index (Phi) is 7.48. The van der Waals surface area contributed by atoms with Gasteiger partial charge in [-0.3, -0.25) is 4.79 Å². The fourth-order valence-corrected chi connectivity index (χ4v) is 5.79. The highest BCUT2D eigenvalue weighted by atomic mass is 32.2. The van der Waals surface area contributed by atoms with Crippen molar-refractivity contribution in [3.63, 3.8) is 0 Å². The Morgan fingerprint density at radius 2 is 1.87 bits per heavy atom. The molecule has 30 heavy (non-hydrogen) atoms. The van der Waals surface area contributed by atoms with Gasteiger partial charge in [-0.15, -0.1) is 0 Å². The van der Waals surface area contributed by atoms with E-state index < -0.39 is 15.7 Å². The summed E-state index contributed by atoms with van der Waals surface area (Å²) >= 11 is 0. The van der Waals surface area contributed by atoms with Crippen LogP contribution in [0.4, 0.5) is 10.1 Å². The first-order valence-corrected chi connectivity index (χ1v) is 12.0. The lowest BCUT2D eigenvalue weighted by Gasteiger charge is -2.21. The number of methoxy groups -OCH3 is 1. The van der Waals surface area contributed by atoms with E-state index in [1.807, 2.05) is 0 Å². The number of anilines is 1. The molecule has 1 amide bonds. The Morgan fingerprint density at radius 1 is 1.10 bits per heavy atom. The largest absolute Gasteiger partial charge is 0.494 e. The van der Waals surface area contributed by atoms with Crippen LogP contribution in [0.2, 0.25) is 0 Å². The number of hydrogen-bond donors (Lipinski definition) is 1. The molecule has 1 N–H and O–H groups in total. The van der Waals surface area contributed by atoms with E-state index in [0.29, 0.717) is 23.2 Å². The molecule has 0 aromatic heterocycles. The number of benzene rings is 2. The van der Waals surface area contributed by atoms with Gasteiger partial charge in [0.1, 0.15) is 0 Å². The highest BCUT2D eigenvalue weighted by molar-refractivity contribution is 7.91. The third-order valence-corrected chi connectivity index (χ3v) is 7.72. The van der Waals surface area contributed by atoms with E-state index in [1.54, 1.807) is 36.4 Å². The first-order chi connectivity index (χ1) is 14.4. The minimum Gasteiger partial charge on any atom is -0.494 e. The highest BCUT2D eigenvalue weighted by Crippen LogP contribution is 2.27. The molecule has 0 unspecified atom stereocenters. The molecule has 5 nitrogen and oxygen atoms in total. The number of aryl methyl sites for hydroxylation is 1. The van der Waals surface area contributed by atoms with E-state index in [4.69, 9.17) is 4.74 Å². The standard InChI is InChI=1S/C23H28FNO4S/c1-29-22-12-10-17(15-21(22)24)11-13-23(26)25-19-7-5-6-18(14-19)16-30(27,28)20-8-3-2-4-9-20/h5-7,10,12,14-15,20H,2-4,8-9,11,13,16H2,1H3,(H,25,26). The van der Waals surface area contributed by atoms with E-state index in [1.165, 1.54) is 13.2 Å². The third-order valence-electron chi connectivity index (χ3n) is 5.50. The van der Waals surface area contributed by atoms with Crippen molar-refractivity contribution in [3.8, 4) is 5.75 Å². The van der Waals surface area contributed by atoms with Crippen LogP contribution in [0.15, 0.2) is 42.5 Å². The second kappa shape index (κ2) is 10.1. The van der Waals surface area contributed by atoms with E-state index in [-0.39, 0.29) is 29.1 Å². The number of hydrogen-bond acceptors (Lipinski definition) is 4. The average molecular weight is 434 g/mol. The predicted octanol–water partition coefficient (Wildman–Crippen LogP) is 4.65. The van der Waals surface area contributed by atoms with Crippen molar-refractivity contribution in [2.75, 3.05) is 12.4 Å². The molecule has 1 fully saturated rings. The Hall–Kier alpha value is -2.41. The number of ether oxygens (including phenoxy) is 1. The van der Waals surface area contributed by atoms with Crippen molar-refractivity contribution in [3.05, 3.63) is 59.4 Å². The number of carbonyl (C=O) groups excluding carboxylic acids is 1. The van der Waals surface area contributed by atoms with E-state index in [0.717, 1.165) is 32.1 Å². The molecule has 1 saturated carbocycles. The molecule has 1 aliphatic carbocycles. The molecule has 0 atom stereocenters. The molecule has 2 aromatic rings. The molecule has 0 bridgehead atoms. The van der Waals surface area contributed by atoms with Gasteiger partial charge in [-0.05, 0) is 54.7 Å². The SMILES string of the molecule is COc1ccc(CCC(=O)Nc2cccc(CS(=O)(=O)C3CCCCC3)c2)cc1F. The smallest absolute Gasteiger partial charge is 0.224 e. The van der Waals surface area contributed by atoms with Crippen LogP contribution in [-0.2, 0) is 26.8 Å². The summed E-state index contributed by atoms with van der Waals surface area (Å²) in [5.41, 5.74) is 1.95. The van der Waals surface area contributed by atoms with Crippen LogP contribution in [-0.4, -0.2) is 26.7 Å². The van der Waals surface area contributed by atoms with Gasteiger partial charge in [-0.25, -0.2) is 12.8 Å². The van der Waals surface area contributed by atoms with Crippen LogP contribution >= 0.6 is 0 Å². The molecular weight excluding hydrogens is 405 g/mol. The highest BCUT2D eigenvalue weighted by Gasteiger charge is 2.27. The number of nitrogens with one attached hydrogen (secondary N) is 1. The zero-order valence-corrected chi connectivity index (χ0v) is 18.0. The van der Waals surface area contributed by atoms with Crippen LogP contribution in [0.1, 0.15) is 49.7 Å². The number of amides is 1. The van der Waals surface area contributed by atoms with Crippen molar-refractivity contribution in [2.24, 2.45) is 0 Å². The molecule has 0 aliphatic heterocycles. The van der Waals surface area contributed by atoms with Crippen LogP contribution < -0.4 is 10.1 Å². The topological polar surface area (TPSA) is 72.5 Å². The maximum atomic E-state index is 13.8. The lowest BCUT2D eigenvalue weighted by molar-refractivity contribution is -0.116. The van der Waals surface area contributed by atoms with Crippen LogP contribution in [0.25, 0.3) is 0 Å². The zero-order valence-electron chi connectivity index (χ0n) is 17.2. The summed E-state index contributed by atoms with van der Waals surface area (Å²) < 4.78 is 44.0. The average Bonchev–Trinajstić information content (AvgIpc) is 2.73. The quantitative estimate of drug-likeness (QED) is 0.658. The summed E-state index contributed by atoms with van der Waals surface area (Å²) in [4.78, 5) is 12.3. The van der Waals surface area contributed by atoms with Gasteiger partial charge in [0, 0.05) is 12.1 Å². The minimum absolute atomic E-state index is 0.00744. The monoisotopic (exact) mass is 433 g/mol. The summed E-state index contributed by atoms with van der Waals surface area (Å²) in [6.45, 7) is 0. The third kappa shape index (κ3) is 6.05. The van der Waals surface area contributed by atoms with Gasteiger partial charge < -0.3 is 10.1 Å². The van der Waals surface area contributed by atoms with Crippen molar-refractivity contribution < 1.29 is 22.3 Å². The van der Waals surface area contributed by atoms with Crippen LogP contribution in [0, 0.1) is 5.82 Å². The predicted molar refractivity (Wildman–Crippen MR) is 116 cm³/mol. The lowest BCUT2D eigenvalue weighted by Crippen LogP contribution is -2.25.